The number of rotatable bonds is 4. The van der Waals surface area contributed by atoms with Crippen LogP contribution in [0.15, 0.2) is 65.8 Å². The van der Waals surface area contributed by atoms with Crippen LogP contribution in [0.5, 0.6) is 0 Å². The molecule has 0 saturated heterocycles. The van der Waals surface area contributed by atoms with Crippen molar-refractivity contribution < 1.29 is 0 Å². The molecule has 2 N–H and O–H groups in total. The first kappa shape index (κ1) is 14.1. The van der Waals surface area contributed by atoms with E-state index >= 15 is 0 Å². The van der Waals surface area contributed by atoms with Crippen molar-refractivity contribution in [3.63, 3.8) is 0 Å². The van der Waals surface area contributed by atoms with Crippen LogP contribution in [0.4, 0.5) is 5.95 Å². The lowest BCUT2D eigenvalue weighted by atomic mass is 10.2. The minimum atomic E-state index is -0.165. The molecule has 0 aliphatic rings. The summed E-state index contributed by atoms with van der Waals surface area (Å²) < 4.78 is 1.70. The molecule has 118 valence electrons. The molecule has 3 aromatic heterocycles. The molecule has 0 unspecified atom stereocenters. The molecule has 0 amide bonds. The van der Waals surface area contributed by atoms with Gasteiger partial charge in [-0.25, -0.2) is 14.6 Å². The lowest BCUT2D eigenvalue weighted by Gasteiger charge is -2.10. The molecule has 0 fully saturated rings. The zero-order valence-electron chi connectivity index (χ0n) is 12.7. The number of benzene rings is 1. The van der Waals surface area contributed by atoms with E-state index in [1.807, 2.05) is 42.6 Å². The lowest BCUT2D eigenvalue weighted by Crippen LogP contribution is -2.14. The number of para-hydroxylation sites is 1. The first-order valence-electron chi connectivity index (χ1n) is 7.48. The minimum Gasteiger partial charge on any atom is -0.352 e. The van der Waals surface area contributed by atoms with Gasteiger partial charge < -0.3 is 5.32 Å². The normalized spacial score (nSPS) is 10.8. The van der Waals surface area contributed by atoms with Gasteiger partial charge in [0.15, 0.2) is 5.82 Å². The number of hydrogen-bond donors (Lipinski definition) is 2. The Hall–Kier alpha value is -3.48. The highest BCUT2D eigenvalue weighted by Crippen LogP contribution is 2.13. The third-order valence-corrected chi connectivity index (χ3v) is 3.65. The van der Waals surface area contributed by atoms with Gasteiger partial charge in [0.1, 0.15) is 0 Å². The monoisotopic (exact) mass is 318 g/mol. The number of pyridine rings is 1. The van der Waals surface area contributed by atoms with Gasteiger partial charge in [-0.1, -0.05) is 18.2 Å². The average Bonchev–Trinajstić information content (AvgIpc) is 3.15. The van der Waals surface area contributed by atoms with E-state index in [4.69, 9.17) is 0 Å². The van der Waals surface area contributed by atoms with Crippen molar-refractivity contribution in [1.82, 2.24) is 24.7 Å². The van der Waals surface area contributed by atoms with Crippen LogP contribution in [0.1, 0.15) is 5.56 Å². The van der Waals surface area contributed by atoms with Gasteiger partial charge in [-0.3, -0.25) is 9.78 Å². The summed E-state index contributed by atoms with van der Waals surface area (Å²) >= 11 is 0. The molecule has 0 radical (unpaired) electrons. The average molecular weight is 318 g/mol. The summed E-state index contributed by atoms with van der Waals surface area (Å²) in [6.07, 6.45) is 5.26. The van der Waals surface area contributed by atoms with Gasteiger partial charge in [0.05, 0.1) is 10.9 Å². The first-order valence-corrected chi connectivity index (χ1v) is 7.48. The summed E-state index contributed by atoms with van der Waals surface area (Å²) in [5, 5.41) is 7.93. The van der Waals surface area contributed by atoms with Crippen molar-refractivity contribution in [1.29, 1.82) is 0 Å². The molecule has 4 rings (SSSR count). The molecule has 0 aliphatic heterocycles. The van der Waals surface area contributed by atoms with Crippen molar-refractivity contribution in [3.8, 4) is 5.82 Å². The summed E-state index contributed by atoms with van der Waals surface area (Å²) in [6.45, 7) is 0.463. The Balaban J connectivity index is 1.63. The van der Waals surface area contributed by atoms with Gasteiger partial charge in [-0.2, -0.15) is 5.10 Å². The number of anilines is 1. The fraction of sp³-hybridized carbons (Fsp3) is 0.0588. The minimum absolute atomic E-state index is 0.165. The highest BCUT2D eigenvalue weighted by Gasteiger charge is 2.07. The van der Waals surface area contributed by atoms with E-state index in [9.17, 15) is 4.79 Å². The number of nitrogens with zero attached hydrogens (tertiary/aromatic N) is 4. The number of aromatic amines is 1. The molecule has 24 heavy (non-hydrogen) atoms. The van der Waals surface area contributed by atoms with E-state index < -0.39 is 0 Å². The van der Waals surface area contributed by atoms with Crippen molar-refractivity contribution >= 4 is 16.9 Å². The van der Waals surface area contributed by atoms with E-state index in [1.54, 1.807) is 23.1 Å². The molecular formula is C17H14N6O. The van der Waals surface area contributed by atoms with Gasteiger partial charge in [-0.15, -0.1) is 0 Å². The smallest absolute Gasteiger partial charge is 0.260 e. The van der Waals surface area contributed by atoms with Gasteiger partial charge in [0.2, 0.25) is 5.95 Å². The highest BCUT2D eigenvalue weighted by atomic mass is 16.1. The van der Waals surface area contributed by atoms with Crippen LogP contribution in [-0.4, -0.2) is 24.7 Å². The largest absolute Gasteiger partial charge is 0.352 e. The molecule has 7 nitrogen and oxygen atoms in total. The van der Waals surface area contributed by atoms with Crippen LogP contribution in [0, 0.1) is 0 Å². The molecule has 3 heterocycles. The second kappa shape index (κ2) is 5.96. The number of aromatic nitrogens is 5. The van der Waals surface area contributed by atoms with Gasteiger partial charge >= 0.3 is 0 Å². The van der Waals surface area contributed by atoms with Crippen LogP contribution in [0.25, 0.3) is 16.7 Å². The quantitative estimate of drug-likeness (QED) is 0.601. The van der Waals surface area contributed by atoms with Crippen molar-refractivity contribution in [2.75, 3.05) is 5.32 Å². The number of H-pyrrole nitrogens is 1. The summed E-state index contributed by atoms with van der Waals surface area (Å²) in [6, 6.07) is 12.9. The van der Waals surface area contributed by atoms with Crippen LogP contribution in [0.2, 0.25) is 0 Å². The lowest BCUT2D eigenvalue weighted by molar-refractivity contribution is 0.827. The standard InChI is InChI=1S/C17H14N6O/c24-16-13-6-1-2-7-14(13)21-17(22-16)19-11-12-5-3-8-18-15(12)23-10-4-9-20-23/h1-10H,11H2,(H2,19,21,22,24). The Bertz CT molecular complexity index is 1040. The van der Waals surface area contributed by atoms with E-state index in [0.29, 0.717) is 23.4 Å². The van der Waals surface area contributed by atoms with Crippen LogP contribution in [-0.2, 0) is 6.54 Å². The van der Waals surface area contributed by atoms with Crippen LogP contribution in [0.3, 0.4) is 0 Å². The fourth-order valence-electron chi connectivity index (χ4n) is 2.52. The Morgan fingerprint density at radius 2 is 2.00 bits per heavy atom. The van der Waals surface area contributed by atoms with Crippen LogP contribution >= 0.6 is 0 Å². The van der Waals surface area contributed by atoms with Gasteiger partial charge in [-0.05, 0) is 24.3 Å². The predicted octanol–water partition coefficient (Wildman–Crippen LogP) is 2.12. The van der Waals surface area contributed by atoms with Crippen LogP contribution < -0.4 is 10.9 Å². The maximum atomic E-state index is 12.1. The molecule has 0 aliphatic carbocycles. The summed E-state index contributed by atoms with van der Waals surface area (Å²) in [4.78, 5) is 23.7. The van der Waals surface area contributed by atoms with Gasteiger partial charge in [0.25, 0.3) is 5.56 Å². The molecule has 0 atom stereocenters. The highest BCUT2D eigenvalue weighted by molar-refractivity contribution is 5.78. The van der Waals surface area contributed by atoms with E-state index in [1.165, 1.54) is 0 Å². The molecule has 7 heteroatoms. The molecule has 0 spiro atoms. The van der Waals surface area contributed by atoms with Crippen molar-refractivity contribution in [2.45, 2.75) is 6.54 Å². The maximum Gasteiger partial charge on any atom is 0.260 e. The molecule has 1 aromatic carbocycles. The second-order valence-corrected chi connectivity index (χ2v) is 5.22. The van der Waals surface area contributed by atoms with Crippen molar-refractivity contribution in [2.24, 2.45) is 0 Å². The third kappa shape index (κ3) is 2.63. The Morgan fingerprint density at radius 3 is 2.88 bits per heavy atom. The first-order chi connectivity index (χ1) is 11.8. The Kier molecular flexibility index (Phi) is 3.51. The topological polar surface area (TPSA) is 88.5 Å². The fourth-order valence-corrected chi connectivity index (χ4v) is 2.52. The third-order valence-electron chi connectivity index (χ3n) is 3.65. The molecule has 4 aromatic rings. The predicted molar refractivity (Wildman–Crippen MR) is 91.0 cm³/mol. The summed E-state index contributed by atoms with van der Waals surface area (Å²) in [5.74, 6) is 1.16. The SMILES string of the molecule is O=c1[nH]c(NCc2cccnc2-n2cccn2)nc2ccccc12. The zero-order valence-corrected chi connectivity index (χ0v) is 12.7. The maximum absolute atomic E-state index is 12.1. The Labute approximate surface area is 137 Å². The number of hydrogen-bond acceptors (Lipinski definition) is 5. The zero-order chi connectivity index (χ0) is 16.4. The second-order valence-electron chi connectivity index (χ2n) is 5.22. The van der Waals surface area contributed by atoms with E-state index in [-0.39, 0.29) is 5.56 Å². The summed E-state index contributed by atoms with van der Waals surface area (Å²) in [7, 11) is 0. The number of nitrogens with one attached hydrogen (secondary N) is 2. The molecular weight excluding hydrogens is 304 g/mol. The Morgan fingerprint density at radius 1 is 1.08 bits per heavy atom. The van der Waals surface area contributed by atoms with E-state index in [0.717, 1.165) is 11.4 Å². The van der Waals surface area contributed by atoms with Crippen molar-refractivity contribution in [3.05, 3.63) is 77.0 Å². The van der Waals surface area contributed by atoms with E-state index in [2.05, 4.69) is 25.4 Å². The molecule has 0 bridgehead atoms. The summed E-state index contributed by atoms with van der Waals surface area (Å²) in [5.41, 5.74) is 1.43. The number of fused-ring (bicyclic) bond motifs is 1. The molecule has 0 saturated carbocycles. The van der Waals surface area contributed by atoms with Gasteiger partial charge in [0, 0.05) is 30.7 Å².